The van der Waals surface area contributed by atoms with Crippen molar-refractivity contribution in [3.05, 3.63) is 29.1 Å². The zero-order chi connectivity index (χ0) is 10.8. The number of aromatic nitrogens is 1. The highest BCUT2D eigenvalue weighted by atomic mass is 15.1. The Hall–Kier alpha value is -0.890. The van der Waals surface area contributed by atoms with E-state index < -0.39 is 0 Å². The largest absolute Gasteiger partial charge is 0.306 e. The lowest BCUT2D eigenvalue weighted by atomic mass is 9.90. The quantitative estimate of drug-likeness (QED) is 0.698. The number of nitrogens with zero attached hydrogens (tertiary/aromatic N) is 2. The molecule has 0 atom stereocenters. The van der Waals surface area contributed by atoms with Crippen molar-refractivity contribution in [1.82, 2.24) is 9.88 Å². The normalized spacial score (nSPS) is 19.4. The highest BCUT2D eigenvalue weighted by Crippen LogP contribution is 2.27. The Kier molecular flexibility index (Phi) is 3.06. The molecule has 1 aromatic rings. The van der Waals surface area contributed by atoms with E-state index in [1.165, 1.54) is 37.1 Å². The molecule has 1 saturated heterocycles. The van der Waals surface area contributed by atoms with Gasteiger partial charge < -0.3 is 4.90 Å². The molecule has 2 rings (SSSR count). The average molecular weight is 204 g/mol. The number of rotatable bonds is 1. The van der Waals surface area contributed by atoms with E-state index in [9.17, 15) is 0 Å². The molecule has 0 aliphatic carbocycles. The van der Waals surface area contributed by atoms with Gasteiger partial charge in [0.1, 0.15) is 0 Å². The summed E-state index contributed by atoms with van der Waals surface area (Å²) in [6, 6.07) is 2.32. The number of hydrogen-bond acceptors (Lipinski definition) is 2. The van der Waals surface area contributed by atoms with Crippen LogP contribution in [-0.2, 0) is 0 Å². The molecule has 0 N–H and O–H groups in total. The van der Waals surface area contributed by atoms with Crippen molar-refractivity contribution >= 4 is 0 Å². The summed E-state index contributed by atoms with van der Waals surface area (Å²) in [5.74, 6) is 0.730. The third kappa shape index (κ3) is 2.37. The summed E-state index contributed by atoms with van der Waals surface area (Å²) in [6.07, 6.45) is 4.62. The zero-order valence-electron chi connectivity index (χ0n) is 9.95. The van der Waals surface area contributed by atoms with Crippen LogP contribution in [0.2, 0.25) is 0 Å². The monoisotopic (exact) mass is 204 g/mol. The minimum Gasteiger partial charge on any atom is -0.306 e. The van der Waals surface area contributed by atoms with Crippen LogP contribution < -0.4 is 0 Å². The van der Waals surface area contributed by atoms with Crippen LogP contribution in [0.3, 0.4) is 0 Å². The first-order chi connectivity index (χ1) is 7.16. The minimum absolute atomic E-state index is 0.730. The van der Waals surface area contributed by atoms with Crippen LogP contribution in [0.25, 0.3) is 0 Å². The number of pyridine rings is 1. The molecule has 1 aromatic heterocycles. The molecule has 1 fully saturated rings. The number of piperidine rings is 1. The van der Waals surface area contributed by atoms with Crippen molar-refractivity contribution in [2.75, 3.05) is 20.1 Å². The van der Waals surface area contributed by atoms with Gasteiger partial charge in [0.2, 0.25) is 0 Å². The molecule has 2 heteroatoms. The maximum atomic E-state index is 4.46. The lowest BCUT2D eigenvalue weighted by molar-refractivity contribution is 0.255. The van der Waals surface area contributed by atoms with Gasteiger partial charge in [-0.3, -0.25) is 4.98 Å². The molecule has 1 aliphatic rings. The van der Waals surface area contributed by atoms with E-state index in [0.29, 0.717) is 0 Å². The summed E-state index contributed by atoms with van der Waals surface area (Å²) in [5.41, 5.74) is 3.92. The lowest BCUT2D eigenvalue weighted by Crippen LogP contribution is -2.29. The number of aryl methyl sites for hydroxylation is 2. The van der Waals surface area contributed by atoms with E-state index in [1.807, 2.05) is 0 Å². The first-order valence-corrected chi connectivity index (χ1v) is 5.78. The van der Waals surface area contributed by atoms with Crippen LogP contribution in [0, 0.1) is 13.8 Å². The van der Waals surface area contributed by atoms with Gasteiger partial charge in [0.15, 0.2) is 0 Å². The fraction of sp³-hybridized carbons (Fsp3) is 0.615. The van der Waals surface area contributed by atoms with Crippen LogP contribution in [0.15, 0.2) is 12.3 Å². The van der Waals surface area contributed by atoms with Gasteiger partial charge in [-0.25, -0.2) is 0 Å². The van der Waals surface area contributed by atoms with Gasteiger partial charge in [0, 0.05) is 11.9 Å². The Morgan fingerprint density at radius 3 is 2.53 bits per heavy atom. The van der Waals surface area contributed by atoms with Crippen LogP contribution >= 0.6 is 0 Å². The fourth-order valence-corrected chi connectivity index (χ4v) is 2.23. The van der Waals surface area contributed by atoms with E-state index in [2.05, 4.69) is 43.0 Å². The second kappa shape index (κ2) is 4.31. The van der Waals surface area contributed by atoms with Crippen molar-refractivity contribution in [2.45, 2.75) is 32.6 Å². The van der Waals surface area contributed by atoms with Gasteiger partial charge in [-0.05, 0) is 63.9 Å². The van der Waals surface area contributed by atoms with Gasteiger partial charge in [-0.15, -0.1) is 0 Å². The first kappa shape index (κ1) is 10.6. The summed E-state index contributed by atoms with van der Waals surface area (Å²) >= 11 is 0. The third-order valence-corrected chi connectivity index (χ3v) is 3.55. The molecular weight excluding hydrogens is 184 g/mol. The molecule has 0 unspecified atom stereocenters. The van der Waals surface area contributed by atoms with Crippen molar-refractivity contribution in [2.24, 2.45) is 0 Å². The van der Waals surface area contributed by atoms with Gasteiger partial charge in [0.05, 0.1) is 0 Å². The van der Waals surface area contributed by atoms with Crippen LogP contribution in [0.5, 0.6) is 0 Å². The zero-order valence-corrected chi connectivity index (χ0v) is 9.95. The van der Waals surface area contributed by atoms with Gasteiger partial charge >= 0.3 is 0 Å². The first-order valence-electron chi connectivity index (χ1n) is 5.78. The van der Waals surface area contributed by atoms with E-state index >= 15 is 0 Å². The van der Waals surface area contributed by atoms with Crippen molar-refractivity contribution in [3.8, 4) is 0 Å². The molecule has 1 aliphatic heterocycles. The predicted molar refractivity (Wildman–Crippen MR) is 63.2 cm³/mol. The second-order valence-corrected chi connectivity index (χ2v) is 4.75. The summed E-state index contributed by atoms with van der Waals surface area (Å²) < 4.78 is 0. The van der Waals surface area contributed by atoms with Gasteiger partial charge in [-0.2, -0.15) is 0 Å². The summed E-state index contributed by atoms with van der Waals surface area (Å²) in [4.78, 5) is 6.87. The minimum atomic E-state index is 0.730. The molecule has 2 nitrogen and oxygen atoms in total. The topological polar surface area (TPSA) is 16.1 Å². The maximum absolute atomic E-state index is 4.46. The highest BCUT2D eigenvalue weighted by Gasteiger charge is 2.18. The Morgan fingerprint density at radius 1 is 1.27 bits per heavy atom. The van der Waals surface area contributed by atoms with Crippen LogP contribution in [-0.4, -0.2) is 30.0 Å². The van der Waals surface area contributed by atoms with Gasteiger partial charge in [0.25, 0.3) is 0 Å². The Bertz CT molecular complexity index is 338. The van der Waals surface area contributed by atoms with Crippen molar-refractivity contribution in [3.63, 3.8) is 0 Å². The molecule has 2 heterocycles. The Labute approximate surface area is 92.3 Å². The molecule has 0 spiro atoms. The number of hydrogen-bond donors (Lipinski definition) is 0. The molecular formula is C13H20N2. The standard InChI is InChI=1S/C13H20N2/c1-10-8-13(9-14-11(10)2)12-4-6-15(3)7-5-12/h8-9,12H,4-7H2,1-3H3. The summed E-state index contributed by atoms with van der Waals surface area (Å²) in [6.45, 7) is 6.67. The SMILES string of the molecule is Cc1cc(C2CCN(C)CC2)cnc1C. The predicted octanol–water partition coefficient (Wildman–Crippen LogP) is 2.51. The summed E-state index contributed by atoms with van der Waals surface area (Å²) in [5, 5.41) is 0. The maximum Gasteiger partial charge on any atom is 0.0401 e. The number of likely N-dealkylation sites (tertiary alicyclic amines) is 1. The molecule has 15 heavy (non-hydrogen) atoms. The second-order valence-electron chi connectivity index (χ2n) is 4.75. The third-order valence-electron chi connectivity index (χ3n) is 3.55. The lowest BCUT2D eigenvalue weighted by Gasteiger charge is -2.29. The highest BCUT2D eigenvalue weighted by molar-refractivity contribution is 5.26. The van der Waals surface area contributed by atoms with E-state index in [0.717, 1.165) is 11.6 Å². The molecule has 0 radical (unpaired) electrons. The Balaban J connectivity index is 2.12. The molecule has 82 valence electrons. The van der Waals surface area contributed by atoms with E-state index in [4.69, 9.17) is 0 Å². The molecule has 0 saturated carbocycles. The van der Waals surface area contributed by atoms with Crippen molar-refractivity contribution in [1.29, 1.82) is 0 Å². The molecule has 0 amide bonds. The fourth-order valence-electron chi connectivity index (χ4n) is 2.23. The van der Waals surface area contributed by atoms with E-state index in [-0.39, 0.29) is 0 Å². The van der Waals surface area contributed by atoms with Crippen LogP contribution in [0.4, 0.5) is 0 Å². The van der Waals surface area contributed by atoms with Crippen LogP contribution in [0.1, 0.15) is 35.6 Å². The summed E-state index contributed by atoms with van der Waals surface area (Å²) in [7, 11) is 2.20. The van der Waals surface area contributed by atoms with Gasteiger partial charge in [-0.1, -0.05) is 6.07 Å². The Morgan fingerprint density at radius 2 is 1.93 bits per heavy atom. The average Bonchev–Trinajstić information content (AvgIpc) is 2.23. The van der Waals surface area contributed by atoms with E-state index in [1.54, 1.807) is 0 Å². The smallest absolute Gasteiger partial charge is 0.0401 e. The van der Waals surface area contributed by atoms with Crippen molar-refractivity contribution < 1.29 is 0 Å². The molecule has 0 aromatic carbocycles. The molecule has 0 bridgehead atoms.